The van der Waals surface area contributed by atoms with Crippen LogP contribution in [0.15, 0.2) is 24.4 Å². The number of nitrogen functional groups attached to an aromatic ring is 1. The zero-order valence-corrected chi connectivity index (χ0v) is 9.09. The van der Waals surface area contributed by atoms with Crippen LogP contribution in [-0.4, -0.2) is 28.9 Å². The van der Waals surface area contributed by atoms with Crippen LogP contribution in [0, 0.1) is 0 Å². The Morgan fingerprint density at radius 1 is 1.47 bits per heavy atom. The number of benzene rings is 1. The van der Waals surface area contributed by atoms with E-state index in [0.717, 1.165) is 0 Å². The number of primary amides is 1. The molecule has 5 N–H and O–H groups in total. The Kier molecular flexibility index (Phi) is 2.88. The highest BCUT2D eigenvalue weighted by Crippen LogP contribution is 2.27. The lowest BCUT2D eigenvalue weighted by Crippen LogP contribution is -2.18. The molecule has 6 nitrogen and oxygen atoms in total. The van der Waals surface area contributed by atoms with E-state index < -0.39 is 6.03 Å². The van der Waals surface area contributed by atoms with Gasteiger partial charge in [-0.15, -0.1) is 0 Å². The molecule has 6 heteroatoms. The molecule has 0 atom stereocenters. The van der Waals surface area contributed by atoms with Crippen molar-refractivity contribution in [3.63, 3.8) is 0 Å². The summed E-state index contributed by atoms with van der Waals surface area (Å²) < 4.78 is 6.54. The minimum absolute atomic E-state index is 0.0597. The van der Waals surface area contributed by atoms with Gasteiger partial charge in [0.15, 0.2) is 0 Å². The van der Waals surface area contributed by atoms with Gasteiger partial charge in [0.1, 0.15) is 12.4 Å². The molecule has 2 rings (SSSR count). The van der Waals surface area contributed by atoms with Gasteiger partial charge in [-0.25, -0.2) is 4.79 Å². The summed E-state index contributed by atoms with van der Waals surface area (Å²) in [4.78, 5) is 11.2. The van der Waals surface area contributed by atoms with Crippen molar-refractivity contribution in [2.45, 2.75) is 0 Å². The number of aromatic nitrogens is 1. The number of nitrogens with two attached hydrogens (primary N) is 2. The number of amides is 1. The minimum atomic E-state index is -0.587. The SMILES string of the molecule is NC(=O)n1cc(N)c2cc(OCCO)ccc21. The van der Waals surface area contributed by atoms with E-state index in [9.17, 15) is 4.79 Å². The van der Waals surface area contributed by atoms with Gasteiger partial charge in [0.25, 0.3) is 0 Å². The Labute approximate surface area is 97.4 Å². The highest BCUT2D eigenvalue weighted by atomic mass is 16.5. The predicted molar refractivity (Wildman–Crippen MR) is 63.9 cm³/mol. The number of rotatable bonds is 3. The summed E-state index contributed by atoms with van der Waals surface area (Å²) in [6.45, 7) is 0.151. The van der Waals surface area contributed by atoms with Gasteiger partial charge in [0.05, 0.1) is 17.8 Å². The third kappa shape index (κ3) is 2.02. The summed E-state index contributed by atoms with van der Waals surface area (Å²) in [5.74, 6) is 0.584. The average Bonchev–Trinajstić information content (AvgIpc) is 2.64. The molecular weight excluding hydrogens is 222 g/mol. The number of aliphatic hydroxyl groups excluding tert-OH is 1. The lowest BCUT2D eigenvalue weighted by molar-refractivity contribution is 0.201. The van der Waals surface area contributed by atoms with Crippen LogP contribution in [0.25, 0.3) is 10.9 Å². The Morgan fingerprint density at radius 3 is 2.88 bits per heavy atom. The number of carbonyl (C=O) groups is 1. The Hall–Kier alpha value is -2.21. The van der Waals surface area contributed by atoms with Crippen molar-refractivity contribution in [1.29, 1.82) is 0 Å². The zero-order chi connectivity index (χ0) is 12.4. The van der Waals surface area contributed by atoms with Crippen molar-refractivity contribution in [2.24, 2.45) is 5.73 Å². The molecule has 1 aromatic heterocycles. The van der Waals surface area contributed by atoms with Crippen molar-refractivity contribution in [2.75, 3.05) is 18.9 Å². The molecular formula is C11H13N3O3. The average molecular weight is 235 g/mol. The zero-order valence-electron chi connectivity index (χ0n) is 9.09. The molecule has 2 aromatic rings. The fourth-order valence-electron chi connectivity index (χ4n) is 1.67. The molecule has 0 spiro atoms. The maximum atomic E-state index is 11.2. The van der Waals surface area contributed by atoms with Gasteiger partial charge in [-0.1, -0.05) is 0 Å². The molecule has 0 aliphatic heterocycles. The maximum Gasteiger partial charge on any atom is 0.323 e. The maximum absolute atomic E-state index is 11.2. The van der Waals surface area contributed by atoms with E-state index in [1.807, 2.05) is 0 Å². The van der Waals surface area contributed by atoms with Gasteiger partial charge in [-0.05, 0) is 18.2 Å². The van der Waals surface area contributed by atoms with Gasteiger partial charge in [0, 0.05) is 11.6 Å². The molecule has 0 aliphatic rings. The first kappa shape index (κ1) is 11.3. The standard InChI is InChI=1S/C11H13N3O3/c12-9-6-14(11(13)16)10-2-1-7(5-8(9)10)17-4-3-15/h1-2,5-6,15H,3-4,12H2,(H2,13,16). The first-order valence-electron chi connectivity index (χ1n) is 5.07. The van der Waals surface area contributed by atoms with Crippen LogP contribution >= 0.6 is 0 Å². The van der Waals surface area contributed by atoms with Crippen molar-refractivity contribution in [3.8, 4) is 5.75 Å². The number of ether oxygens (including phenoxy) is 1. The second-order valence-corrected chi connectivity index (χ2v) is 3.54. The third-order valence-electron chi connectivity index (χ3n) is 2.40. The monoisotopic (exact) mass is 235 g/mol. The summed E-state index contributed by atoms with van der Waals surface area (Å²) in [7, 11) is 0. The van der Waals surface area contributed by atoms with Crippen LogP contribution in [-0.2, 0) is 0 Å². The Morgan fingerprint density at radius 2 is 2.24 bits per heavy atom. The van der Waals surface area contributed by atoms with Gasteiger partial charge in [0.2, 0.25) is 0 Å². The molecule has 1 aromatic carbocycles. The highest BCUT2D eigenvalue weighted by Gasteiger charge is 2.10. The van der Waals surface area contributed by atoms with Crippen molar-refractivity contribution >= 4 is 22.6 Å². The summed E-state index contributed by atoms with van der Waals surface area (Å²) in [6.07, 6.45) is 1.48. The Bertz CT molecular complexity index is 562. The van der Waals surface area contributed by atoms with Crippen LogP contribution in [0.4, 0.5) is 10.5 Å². The molecule has 1 heterocycles. The minimum Gasteiger partial charge on any atom is -0.491 e. The number of fused-ring (bicyclic) bond motifs is 1. The first-order chi connectivity index (χ1) is 8.13. The van der Waals surface area contributed by atoms with E-state index in [0.29, 0.717) is 22.3 Å². The van der Waals surface area contributed by atoms with E-state index in [1.165, 1.54) is 10.8 Å². The van der Waals surface area contributed by atoms with Crippen LogP contribution in [0.5, 0.6) is 5.75 Å². The van der Waals surface area contributed by atoms with Crippen molar-refractivity contribution in [1.82, 2.24) is 4.57 Å². The van der Waals surface area contributed by atoms with E-state index >= 15 is 0 Å². The van der Waals surface area contributed by atoms with E-state index in [1.54, 1.807) is 18.2 Å². The van der Waals surface area contributed by atoms with Gasteiger partial charge < -0.3 is 21.3 Å². The van der Waals surface area contributed by atoms with Crippen molar-refractivity contribution < 1.29 is 14.6 Å². The summed E-state index contributed by atoms with van der Waals surface area (Å²) in [5.41, 5.74) is 12.1. The second kappa shape index (κ2) is 4.34. The molecule has 0 unspecified atom stereocenters. The third-order valence-corrected chi connectivity index (χ3v) is 2.40. The molecule has 0 saturated heterocycles. The predicted octanol–water partition coefficient (Wildman–Crippen LogP) is 0.521. The van der Waals surface area contributed by atoms with E-state index in [2.05, 4.69) is 0 Å². The van der Waals surface area contributed by atoms with Gasteiger partial charge in [-0.2, -0.15) is 0 Å². The van der Waals surface area contributed by atoms with Crippen LogP contribution in [0.1, 0.15) is 0 Å². The quantitative estimate of drug-likeness (QED) is 0.721. The van der Waals surface area contributed by atoms with E-state index in [-0.39, 0.29) is 13.2 Å². The molecule has 0 bridgehead atoms. The number of nitrogens with zero attached hydrogens (tertiary/aromatic N) is 1. The van der Waals surface area contributed by atoms with Crippen LogP contribution in [0.2, 0.25) is 0 Å². The number of anilines is 1. The lowest BCUT2D eigenvalue weighted by atomic mass is 10.2. The topological polar surface area (TPSA) is 104 Å². The molecule has 0 radical (unpaired) electrons. The van der Waals surface area contributed by atoms with Crippen molar-refractivity contribution in [3.05, 3.63) is 24.4 Å². The summed E-state index contributed by atoms with van der Waals surface area (Å²) in [5, 5.41) is 9.35. The molecule has 1 amide bonds. The number of carbonyl (C=O) groups excluding carboxylic acids is 1. The molecule has 0 saturated carbocycles. The lowest BCUT2D eigenvalue weighted by Gasteiger charge is -2.04. The summed E-state index contributed by atoms with van der Waals surface area (Å²) >= 11 is 0. The molecule has 17 heavy (non-hydrogen) atoms. The van der Waals surface area contributed by atoms with Gasteiger partial charge in [-0.3, -0.25) is 4.57 Å². The van der Waals surface area contributed by atoms with E-state index in [4.69, 9.17) is 21.3 Å². The molecule has 0 fully saturated rings. The Balaban J connectivity index is 2.48. The molecule has 0 aliphatic carbocycles. The number of aliphatic hydroxyl groups is 1. The second-order valence-electron chi connectivity index (χ2n) is 3.54. The smallest absolute Gasteiger partial charge is 0.323 e. The van der Waals surface area contributed by atoms with Crippen LogP contribution < -0.4 is 16.2 Å². The summed E-state index contributed by atoms with van der Waals surface area (Å²) in [6, 6.07) is 4.51. The fraction of sp³-hybridized carbons (Fsp3) is 0.182. The highest BCUT2D eigenvalue weighted by molar-refractivity contribution is 5.99. The fourth-order valence-corrected chi connectivity index (χ4v) is 1.67. The number of hydrogen-bond donors (Lipinski definition) is 3. The van der Waals surface area contributed by atoms with Crippen LogP contribution in [0.3, 0.4) is 0 Å². The van der Waals surface area contributed by atoms with Gasteiger partial charge >= 0.3 is 6.03 Å². The number of hydrogen-bond acceptors (Lipinski definition) is 4. The molecule has 90 valence electrons. The largest absolute Gasteiger partial charge is 0.491 e. The normalized spacial score (nSPS) is 10.6. The first-order valence-corrected chi connectivity index (χ1v) is 5.07.